The minimum absolute atomic E-state index is 0.259. The van der Waals surface area contributed by atoms with Crippen molar-refractivity contribution in [3.05, 3.63) is 0 Å². The molecule has 0 saturated carbocycles. The Labute approximate surface area is 68.3 Å². The smallest absolute Gasteiger partial charge is 0.231 e. The summed E-state index contributed by atoms with van der Waals surface area (Å²) >= 11 is 0. The summed E-state index contributed by atoms with van der Waals surface area (Å²) in [5, 5.41) is 3.00. The Hall–Kier alpha value is -0.570. The van der Waals surface area contributed by atoms with Gasteiger partial charge in [-0.25, -0.2) is 0 Å². The standard InChI is InChI=1S/C8H18N2O/c1-4-8(2,3)6-10-5-7(9)11/h10H,4-6H2,1-3H3,(H2,9,11). The van der Waals surface area contributed by atoms with Gasteiger partial charge in [-0.2, -0.15) is 0 Å². The van der Waals surface area contributed by atoms with Crippen LogP contribution >= 0.6 is 0 Å². The summed E-state index contributed by atoms with van der Waals surface area (Å²) in [6.07, 6.45) is 1.10. The molecule has 0 atom stereocenters. The second-order valence-electron chi connectivity index (χ2n) is 3.59. The van der Waals surface area contributed by atoms with Crippen LogP contribution in [0.25, 0.3) is 0 Å². The largest absolute Gasteiger partial charge is 0.369 e. The molecule has 0 radical (unpaired) electrons. The molecule has 3 N–H and O–H groups in total. The molecule has 0 aromatic carbocycles. The Bertz CT molecular complexity index is 132. The van der Waals surface area contributed by atoms with Crippen LogP contribution in [0.2, 0.25) is 0 Å². The summed E-state index contributed by atoms with van der Waals surface area (Å²) in [4.78, 5) is 10.3. The Morgan fingerprint density at radius 1 is 1.55 bits per heavy atom. The fraction of sp³-hybridized carbons (Fsp3) is 0.875. The van der Waals surface area contributed by atoms with Gasteiger partial charge in [0.05, 0.1) is 6.54 Å². The normalized spacial score (nSPS) is 11.5. The molecule has 1 amide bonds. The first kappa shape index (κ1) is 10.4. The van der Waals surface area contributed by atoms with Crippen molar-refractivity contribution in [2.75, 3.05) is 13.1 Å². The number of hydrogen-bond acceptors (Lipinski definition) is 2. The van der Waals surface area contributed by atoms with Crippen LogP contribution in [-0.2, 0) is 4.79 Å². The summed E-state index contributed by atoms with van der Waals surface area (Å²) in [6.45, 7) is 7.56. The van der Waals surface area contributed by atoms with Gasteiger partial charge in [-0.1, -0.05) is 20.8 Å². The number of primary amides is 1. The summed E-state index contributed by atoms with van der Waals surface area (Å²) in [5.41, 5.74) is 5.22. The molecule has 0 aromatic heterocycles. The SMILES string of the molecule is CCC(C)(C)CNCC(N)=O. The number of amides is 1. The summed E-state index contributed by atoms with van der Waals surface area (Å²) in [6, 6.07) is 0. The van der Waals surface area contributed by atoms with Gasteiger partial charge >= 0.3 is 0 Å². The molecule has 0 bridgehead atoms. The van der Waals surface area contributed by atoms with Crippen molar-refractivity contribution in [2.45, 2.75) is 27.2 Å². The van der Waals surface area contributed by atoms with E-state index in [4.69, 9.17) is 5.73 Å². The van der Waals surface area contributed by atoms with E-state index >= 15 is 0 Å². The van der Waals surface area contributed by atoms with E-state index in [9.17, 15) is 4.79 Å². The minimum Gasteiger partial charge on any atom is -0.369 e. The molecule has 0 spiro atoms. The van der Waals surface area contributed by atoms with E-state index < -0.39 is 0 Å². The maximum atomic E-state index is 10.3. The molecule has 0 aliphatic rings. The first-order valence-electron chi connectivity index (χ1n) is 3.97. The summed E-state index contributed by atoms with van der Waals surface area (Å²) < 4.78 is 0. The number of nitrogens with one attached hydrogen (secondary N) is 1. The third-order valence-electron chi connectivity index (χ3n) is 1.86. The van der Waals surface area contributed by atoms with Gasteiger partial charge in [0, 0.05) is 6.54 Å². The maximum Gasteiger partial charge on any atom is 0.231 e. The average Bonchev–Trinajstić information content (AvgIpc) is 1.87. The predicted octanol–water partition coefficient (Wildman–Crippen LogP) is 0.497. The molecular weight excluding hydrogens is 140 g/mol. The third-order valence-corrected chi connectivity index (χ3v) is 1.86. The molecule has 0 aromatic rings. The van der Waals surface area contributed by atoms with Crippen molar-refractivity contribution in [1.82, 2.24) is 5.32 Å². The molecule has 0 unspecified atom stereocenters. The van der Waals surface area contributed by atoms with Gasteiger partial charge in [-0.05, 0) is 11.8 Å². The highest BCUT2D eigenvalue weighted by Gasteiger charge is 2.13. The molecule has 11 heavy (non-hydrogen) atoms. The third kappa shape index (κ3) is 5.85. The van der Waals surface area contributed by atoms with Gasteiger partial charge in [0.2, 0.25) is 5.91 Å². The fourth-order valence-electron chi connectivity index (χ4n) is 0.649. The van der Waals surface area contributed by atoms with Crippen molar-refractivity contribution in [2.24, 2.45) is 11.1 Å². The van der Waals surface area contributed by atoms with Crippen molar-refractivity contribution < 1.29 is 4.79 Å². The first-order chi connectivity index (χ1) is 4.98. The Kier molecular flexibility index (Phi) is 4.11. The van der Waals surface area contributed by atoms with Crippen LogP contribution in [-0.4, -0.2) is 19.0 Å². The number of nitrogens with two attached hydrogens (primary N) is 1. The quantitative estimate of drug-likeness (QED) is 0.612. The van der Waals surface area contributed by atoms with Crippen LogP contribution in [0.1, 0.15) is 27.2 Å². The second-order valence-corrected chi connectivity index (χ2v) is 3.59. The van der Waals surface area contributed by atoms with Crippen molar-refractivity contribution in [3.8, 4) is 0 Å². The van der Waals surface area contributed by atoms with Crippen LogP contribution in [0, 0.1) is 5.41 Å². The van der Waals surface area contributed by atoms with E-state index in [1.807, 2.05) is 0 Å². The van der Waals surface area contributed by atoms with Gasteiger partial charge in [0.15, 0.2) is 0 Å². The molecule has 0 heterocycles. The molecule has 0 fully saturated rings. The fourth-order valence-corrected chi connectivity index (χ4v) is 0.649. The van der Waals surface area contributed by atoms with E-state index in [1.165, 1.54) is 0 Å². The number of rotatable bonds is 5. The Balaban J connectivity index is 3.45. The number of hydrogen-bond donors (Lipinski definition) is 2. The monoisotopic (exact) mass is 158 g/mol. The van der Waals surface area contributed by atoms with Crippen LogP contribution in [0.3, 0.4) is 0 Å². The highest BCUT2D eigenvalue weighted by molar-refractivity contribution is 5.75. The zero-order valence-electron chi connectivity index (χ0n) is 7.61. The molecule has 3 nitrogen and oxygen atoms in total. The molecular formula is C8H18N2O. The molecule has 0 saturated heterocycles. The van der Waals surface area contributed by atoms with Crippen LogP contribution < -0.4 is 11.1 Å². The molecule has 0 aliphatic heterocycles. The van der Waals surface area contributed by atoms with Crippen molar-refractivity contribution in [3.63, 3.8) is 0 Å². The van der Waals surface area contributed by atoms with Gasteiger partial charge < -0.3 is 11.1 Å². The maximum absolute atomic E-state index is 10.3. The highest BCUT2D eigenvalue weighted by Crippen LogP contribution is 2.17. The highest BCUT2D eigenvalue weighted by atomic mass is 16.1. The minimum atomic E-state index is -0.295. The first-order valence-corrected chi connectivity index (χ1v) is 3.97. The van der Waals surface area contributed by atoms with E-state index in [2.05, 4.69) is 26.1 Å². The lowest BCUT2D eigenvalue weighted by atomic mass is 9.90. The predicted molar refractivity (Wildman–Crippen MR) is 46.1 cm³/mol. The van der Waals surface area contributed by atoms with Crippen LogP contribution in [0.15, 0.2) is 0 Å². The number of carbonyl (C=O) groups is 1. The Morgan fingerprint density at radius 3 is 2.45 bits per heavy atom. The van der Waals surface area contributed by atoms with Gasteiger partial charge in [0.25, 0.3) is 0 Å². The second kappa shape index (κ2) is 4.34. The van der Waals surface area contributed by atoms with Crippen LogP contribution in [0.5, 0.6) is 0 Å². The molecule has 3 heteroatoms. The summed E-state index contributed by atoms with van der Waals surface area (Å²) in [7, 11) is 0. The molecule has 0 aliphatic carbocycles. The number of carbonyl (C=O) groups excluding carboxylic acids is 1. The molecule has 66 valence electrons. The van der Waals surface area contributed by atoms with Crippen molar-refractivity contribution in [1.29, 1.82) is 0 Å². The van der Waals surface area contributed by atoms with Gasteiger partial charge in [-0.3, -0.25) is 4.79 Å². The van der Waals surface area contributed by atoms with E-state index in [0.29, 0.717) is 0 Å². The average molecular weight is 158 g/mol. The summed E-state index contributed by atoms with van der Waals surface area (Å²) in [5.74, 6) is -0.295. The lowest BCUT2D eigenvalue weighted by Gasteiger charge is -2.22. The van der Waals surface area contributed by atoms with E-state index in [-0.39, 0.29) is 17.9 Å². The van der Waals surface area contributed by atoms with E-state index in [1.54, 1.807) is 0 Å². The zero-order valence-corrected chi connectivity index (χ0v) is 7.61. The lowest BCUT2D eigenvalue weighted by Crippen LogP contribution is -2.35. The Morgan fingerprint density at radius 2 is 2.09 bits per heavy atom. The topological polar surface area (TPSA) is 55.1 Å². The van der Waals surface area contributed by atoms with Crippen molar-refractivity contribution >= 4 is 5.91 Å². The lowest BCUT2D eigenvalue weighted by molar-refractivity contribution is -0.117. The molecule has 0 rings (SSSR count). The van der Waals surface area contributed by atoms with E-state index in [0.717, 1.165) is 13.0 Å². The van der Waals surface area contributed by atoms with Gasteiger partial charge in [0.1, 0.15) is 0 Å². The zero-order chi connectivity index (χ0) is 8.91. The van der Waals surface area contributed by atoms with Gasteiger partial charge in [-0.15, -0.1) is 0 Å². The van der Waals surface area contributed by atoms with Crippen LogP contribution in [0.4, 0.5) is 0 Å².